The third-order valence-corrected chi connectivity index (χ3v) is 3.78. The first kappa shape index (κ1) is 17.3. The van der Waals surface area contributed by atoms with E-state index in [0.29, 0.717) is 10.8 Å². The average molecular weight is 333 g/mol. The maximum atomic E-state index is 12.2. The molecule has 1 aromatic carbocycles. The van der Waals surface area contributed by atoms with Crippen LogP contribution in [0.15, 0.2) is 48.8 Å². The Bertz CT molecular complexity index is 619. The van der Waals surface area contributed by atoms with Gasteiger partial charge < -0.3 is 10.1 Å². The van der Waals surface area contributed by atoms with Gasteiger partial charge in [0.05, 0.1) is 11.1 Å². The third-order valence-electron chi connectivity index (χ3n) is 3.46. The number of rotatable bonds is 8. The van der Waals surface area contributed by atoms with Crippen molar-refractivity contribution < 1.29 is 9.53 Å². The number of ether oxygens (including phenoxy) is 1. The molecule has 1 atom stereocenters. The Morgan fingerprint density at radius 1 is 1.30 bits per heavy atom. The Balaban J connectivity index is 1.93. The number of halogens is 1. The summed E-state index contributed by atoms with van der Waals surface area (Å²) in [5.74, 6) is 0.339. The molecule has 1 heterocycles. The number of aromatic nitrogens is 1. The van der Waals surface area contributed by atoms with E-state index in [1.807, 2.05) is 24.3 Å². The van der Waals surface area contributed by atoms with Crippen LogP contribution >= 0.6 is 11.6 Å². The highest BCUT2D eigenvalue weighted by molar-refractivity contribution is 6.32. The van der Waals surface area contributed by atoms with Crippen LogP contribution in [0.25, 0.3) is 0 Å². The van der Waals surface area contributed by atoms with Crippen LogP contribution in [-0.4, -0.2) is 17.5 Å². The van der Waals surface area contributed by atoms with E-state index in [4.69, 9.17) is 16.3 Å². The van der Waals surface area contributed by atoms with Crippen molar-refractivity contribution in [2.75, 3.05) is 6.61 Å². The van der Waals surface area contributed by atoms with Gasteiger partial charge in [-0.15, -0.1) is 0 Å². The summed E-state index contributed by atoms with van der Waals surface area (Å²) in [7, 11) is 0. The zero-order valence-corrected chi connectivity index (χ0v) is 13.9. The normalized spacial score (nSPS) is 11.7. The highest BCUT2D eigenvalue weighted by Gasteiger charge is 2.15. The molecule has 2 rings (SSSR count). The molecule has 0 saturated carbocycles. The molecule has 1 amide bonds. The second kappa shape index (κ2) is 9.16. The van der Waals surface area contributed by atoms with E-state index < -0.39 is 0 Å². The summed E-state index contributed by atoms with van der Waals surface area (Å²) >= 11 is 6.01. The first-order chi connectivity index (χ1) is 11.2. The lowest BCUT2D eigenvalue weighted by atomic mass is 10.0. The highest BCUT2D eigenvalue weighted by atomic mass is 35.5. The van der Waals surface area contributed by atoms with Crippen LogP contribution in [-0.2, 0) is 4.79 Å². The van der Waals surface area contributed by atoms with Crippen molar-refractivity contribution in [1.82, 2.24) is 10.3 Å². The number of benzene rings is 1. The maximum absolute atomic E-state index is 12.2. The predicted octanol–water partition coefficient (Wildman–Crippen LogP) is 4.16. The molecule has 1 N–H and O–H groups in total. The SMILES string of the molecule is CCCCC(NC(=O)COc1ccccc1Cl)c1cccnc1. The number of unbranched alkanes of at least 4 members (excludes halogenated alkanes) is 1. The highest BCUT2D eigenvalue weighted by Crippen LogP contribution is 2.23. The fourth-order valence-electron chi connectivity index (χ4n) is 2.25. The second-order valence-electron chi connectivity index (χ2n) is 5.27. The zero-order valence-electron chi connectivity index (χ0n) is 13.2. The molecule has 1 aromatic heterocycles. The van der Waals surface area contributed by atoms with Crippen molar-refractivity contribution in [2.24, 2.45) is 0 Å². The number of nitrogens with zero attached hydrogens (tertiary/aromatic N) is 1. The van der Waals surface area contributed by atoms with Crippen molar-refractivity contribution in [3.63, 3.8) is 0 Å². The van der Waals surface area contributed by atoms with E-state index in [2.05, 4.69) is 17.2 Å². The first-order valence-electron chi connectivity index (χ1n) is 7.77. The Morgan fingerprint density at radius 2 is 2.13 bits per heavy atom. The predicted molar refractivity (Wildman–Crippen MR) is 91.6 cm³/mol. The summed E-state index contributed by atoms with van der Waals surface area (Å²) in [6.45, 7) is 2.06. The quantitative estimate of drug-likeness (QED) is 0.789. The lowest BCUT2D eigenvalue weighted by molar-refractivity contribution is -0.123. The van der Waals surface area contributed by atoms with Crippen molar-refractivity contribution in [3.8, 4) is 5.75 Å². The van der Waals surface area contributed by atoms with Gasteiger partial charge in [-0.3, -0.25) is 9.78 Å². The largest absolute Gasteiger partial charge is 0.482 e. The number of carbonyl (C=O) groups excluding carboxylic acids is 1. The van der Waals surface area contributed by atoms with Gasteiger partial charge in [-0.05, 0) is 30.2 Å². The van der Waals surface area contributed by atoms with Crippen molar-refractivity contribution >= 4 is 17.5 Å². The zero-order chi connectivity index (χ0) is 16.5. The Labute approximate surface area is 141 Å². The van der Waals surface area contributed by atoms with Crippen LogP contribution < -0.4 is 10.1 Å². The molecule has 0 bridgehead atoms. The Hall–Kier alpha value is -2.07. The van der Waals surface area contributed by atoms with E-state index in [-0.39, 0.29) is 18.6 Å². The van der Waals surface area contributed by atoms with Gasteiger partial charge in [-0.2, -0.15) is 0 Å². The number of amides is 1. The molecule has 2 aromatic rings. The minimum Gasteiger partial charge on any atom is -0.482 e. The van der Waals surface area contributed by atoms with Gasteiger partial charge in [0, 0.05) is 12.4 Å². The van der Waals surface area contributed by atoms with E-state index in [9.17, 15) is 4.79 Å². The molecule has 0 spiro atoms. The molecule has 0 aliphatic carbocycles. The molecule has 23 heavy (non-hydrogen) atoms. The number of para-hydroxylation sites is 1. The summed E-state index contributed by atoms with van der Waals surface area (Å²) in [4.78, 5) is 16.3. The van der Waals surface area contributed by atoms with Gasteiger partial charge in [-0.25, -0.2) is 0 Å². The minimum atomic E-state index is -0.171. The summed E-state index contributed by atoms with van der Waals surface area (Å²) in [5, 5.41) is 3.51. The van der Waals surface area contributed by atoms with Crippen molar-refractivity contribution in [3.05, 3.63) is 59.4 Å². The fraction of sp³-hybridized carbons (Fsp3) is 0.333. The van der Waals surface area contributed by atoms with Crippen LogP contribution in [0.2, 0.25) is 5.02 Å². The van der Waals surface area contributed by atoms with Gasteiger partial charge in [0.1, 0.15) is 5.75 Å². The van der Waals surface area contributed by atoms with E-state index >= 15 is 0 Å². The first-order valence-corrected chi connectivity index (χ1v) is 8.15. The molecular weight excluding hydrogens is 312 g/mol. The summed E-state index contributed by atoms with van der Waals surface area (Å²) in [5.41, 5.74) is 1.01. The van der Waals surface area contributed by atoms with Crippen molar-refractivity contribution in [1.29, 1.82) is 0 Å². The molecule has 0 fully saturated rings. The topological polar surface area (TPSA) is 51.2 Å². The number of hydrogen-bond acceptors (Lipinski definition) is 3. The number of hydrogen-bond donors (Lipinski definition) is 1. The van der Waals surface area contributed by atoms with Gasteiger partial charge in [0.15, 0.2) is 6.61 Å². The van der Waals surface area contributed by atoms with Gasteiger partial charge in [0.2, 0.25) is 0 Å². The third kappa shape index (κ3) is 5.57. The molecule has 0 saturated heterocycles. The molecule has 1 unspecified atom stereocenters. The summed E-state index contributed by atoms with van der Waals surface area (Å²) in [6, 6.07) is 10.9. The average Bonchev–Trinajstić information content (AvgIpc) is 2.58. The van der Waals surface area contributed by atoms with E-state index in [0.717, 1.165) is 24.8 Å². The van der Waals surface area contributed by atoms with Crippen LogP contribution in [0.1, 0.15) is 37.8 Å². The standard InChI is InChI=1S/C18H21ClN2O2/c1-2-3-9-16(14-7-6-11-20-12-14)21-18(22)13-23-17-10-5-4-8-15(17)19/h4-8,10-12,16H,2-3,9,13H2,1H3,(H,21,22). The molecule has 5 heteroatoms. The number of nitrogens with one attached hydrogen (secondary N) is 1. The molecule has 4 nitrogen and oxygen atoms in total. The number of pyridine rings is 1. The molecule has 0 radical (unpaired) electrons. The molecule has 0 aliphatic rings. The molecular formula is C18H21ClN2O2. The molecule has 122 valence electrons. The van der Waals surface area contributed by atoms with Crippen molar-refractivity contribution in [2.45, 2.75) is 32.2 Å². The fourth-order valence-corrected chi connectivity index (χ4v) is 2.44. The van der Waals surface area contributed by atoms with Crippen LogP contribution in [0, 0.1) is 0 Å². The van der Waals surface area contributed by atoms with E-state index in [1.54, 1.807) is 24.5 Å². The Morgan fingerprint density at radius 3 is 2.83 bits per heavy atom. The van der Waals surface area contributed by atoms with Gasteiger partial charge >= 0.3 is 0 Å². The lowest BCUT2D eigenvalue weighted by Crippen LogP contribution is -2.32. The number of carbonyl (C=O) groups is 1. The maximum Gasteiger partial charge on any atom is 0.258 e. The van der Waals surface area contributed by atoms with Crippen LogP contribution in [0.5, 0.6) is 5.75 Å². The summed E-state index contributed by atoms with van der Waals surface area (Å²) < 4.78 is 5.48. The van der Waals surface area contributed by atoms with Gasteiger partial charge in [-0.1, -0.05) is 49.6 Å². The Kier molecular flexibility index (Phi) is 6.88. The van der Waals surface area contributed by atoms with Crippen LogP contribution in [0.4, 0.5) is 0 Å². The second-order valence-corrected chi connectivity index (χ2v) is 5.67. The smallest absolute Gasteiger partial charge is 0.258 e. The van der Waals surface area contributed by atoms with Crippen LogP contribution in [0.3, 0.4) is 0 Å². The minimum absolute atomic E-state index is 0.0500. The molecule has 0 aliphatic heterocycles. The lowest BCUT2D eigenvalue weighted by Gasteiger charge is -2.19. The van der Waals surface area contributed by atoms with E-state index in [1.165, 1.54) is 0 Å². The van der Waals surface area contributed by atoms with Gasteiger partial charge in [0.25, 0.3) is 5.91 Å². The summed E-state index contributed by atoms with van der Waals surface area (Å²) in [6.07, 6.45) is 6.49. The monoisotopic (exact) mass is 332 g/mol.